The first-order chi connectivity index (χ1) is 15.4. The standard InChI is InChI=1S/C23H29N3O6S/c1-14(2)21(26-33(30,31)19-10-6-15(3)7-11-19)22(28)32-13-20(27)25-23(29)24-18-9-8-16(4)17(5)12-18/h6-12,14,21,26H,13H2,1-5H3,(H2,24,25,27,29)/t21-/m0/s1. The van der Waals surface area contributed by atoms with E-state index in [2.05, 4.69) is 15.4 Å². The molecule has 2 rings (SSSR count). The smallest absolute Gasteiger partial charge is 0.325 e. The summed E-state index contributed by atoms with van der Waals surface area (Å²) in [5, 5.41) is 4.58. The molecule has 0 bridgehead atoms. The van der Waals surface area contributed by atoms with E-state index in [1.165, 1.54) is 12.1 Å². The van der Waals surface area contributed by atoms with Gasteiger partial charge in [-0.25, -0.2) is 13.2 Å². The number of hydrogen-bond donors (Lipinski definition) is 3. The molecule has 1 atom stereocenters. The lowest BCUT2D eigenvalue weighted by atomic mass is 10.1. The van der Waals surface area contributed by atoms with Crippen LogP contribution >= 0.6 is 0 Å². The van der Waals surface area contributed by atoms with Gasteiger partial charge in [0.2, 0.25) is 10.0 Å². The van der Waals surface area contributed by atoms with Crippen molar-refractivity contribution >= 4 is 33.6 Å². The first kappa shape index (κ1) is 26.0. The Hall–Kier alpha value is -3.24. The lowest BCUT2D eigenvalue weighted by molar-refractivity contribution is -0.150. The maximum atomic E-state index is 12.6. The van der Waals surface area contributed by atoms with Crippen molar-refractivity contribution in [3.05, 3.63) is 59.2 Å². The van der Waals surface area contributed by atoms with Crippen molar-refractivity contribution in [2.24, 2.45) is 5.92 Å². The second kappa shape index (κ2) is 11.1. The molecular formula is C23H29N3O6S. The predicted molar refractivity (Wildman–Crippen MR) is 124 cm³/mol. The Bertz CT molecular complexity index is 1130. The second-order valence-corrected chi connectivity index (χ2v) is 9.78. The molecule has 2 aromatic rings. The molecule has 0 saturated heterocycles. The maximum Gasteiger partial charge on any atom is 0.325 e. The van der Waals surface area contributed by atoms with Gasteiger partial charge in [0.1, 0.15) is 6.04 Å². The Morgan fingerprint density at radius 2 is 1.58 bits per heavy atom. The number of sulfonamides is 1. The van der Waals surface area contributed by atoms with E-state index in [1.807, 2.05) is 26.8 Å². The normalized spacial score (nSPS) is 12.2. The quantitative estimate of drug-likeness (QED) is 0.503. The van der Waals surface area contributed by atoms with Crippen molar-refractivity contribution in [3.63, 3.8) is 0 Å². The largest absolute Gasteiger partial charge is 0.454 e. The van der Waals surface area contributed by atoms with E-state index in [9.17, 15) is 22.8 Å². The molecule has 2 aromatic carbocycles. The number of imide groups is 1. The van der Waals surface area contributed by atoms with E-state index in [0.29, 0.717) is 5.69 Å². The molecule has 3 amide bonds. The monoisotopic (exact) mass is 475 g/mol. The number of esters is 1. The van der Waals surface area contributed by atoms with E-state index in [1.54, 1.807) is 38.1 Å². The van der Waals surface area contributed by atoms with Gasteiger partial charge in [0.15, 0.2) is 6.61 Å². The minimum absolute atomic E-state index is 0.00677. The van der Waals surface area contributed by atoms with Gasteiger partial charge >= 0.3 is 12.0 Å². The van der Waals surface area contributed by atoms with Gasteiger partial charge in [-0.1, -0.05) is 37.6 Å². The SMILES string of the molecule is Cc1ccc(S(=O)(=O)N[C@H](C(=O)OCC(=O)NC(=O)Nc2ccc(C)c(C)c2)C(C)C)cc1. The summed E-state index contributed by atoms with van der Waals surface area (Å²) in [6.07, 6.45) is 0. The topological polar surface area (TPSA) is 131 Å². The van der Waals surface area contributed by atoms with E-state index >= 15 is 0 Å². The first-order valence-corrected chi connectivity index (χ1v) is 11.8. The summed E-state index contributed by atoms with van der Waals surface area (Å²) in [5.74, 6) is -2.23. The summed E-state index contributed by atoms with van der Waals surface area (Å²) in [7, 11) is -3.98. The van der Waals surface area contributed by atoms with E-state index in [0.717, 1.165) is 16.7 Å². The van der Waals surface area contributed by atoms with Gasteiger partial charge in [-0.15, -0.1) is 0 Å². The number of hydrogen-bond acceptors (Lipinski definition) is 6. The van der Waals surface area contributed by atoms with Crippen molar-refractivity contribution < 1.29 is 27.5 Å². The lowest BCUT2D eigenvalue weighted by Gasteiger charge is -2.20. The van der Waals surface area contributed by atoms with Crippen molar-refractivity contribution in [2.75, 3.05) is 11.9 Å². The van der Waals surface area contributed by atoms with Gasteiger partial charge in [-0.3, -0.25) is 14.9 Å². The molecule has 0 saturated carbocycles. The number of anilines is 1. The molecule has 0 unspecified atom stereocenters. The molecule has 0 aliphatic rings. The van der Waals surface area contributed by atoms with Crippen LogP contribution in [0.4, 0.5) is 10.5 Å². The number of carbonyl (C=O) groups is 3. The van der Waals surface area contributed by atoms with Crippen molar-refractivity contribution in [1.29, 1.82) is 0 Å². The number of rotatable bonds is 8. The van der Waals surface area contributed by atoms with Crippen LogP contribution in [0.5, 0.6) is 0 Å². The van der Waals surface area contributed by atoms with Crippen LogP contribution in [0.25, 0.3) is 0 Å². The zero-order valence-electron chi connectivity index (χ0n) is 19.3. The Morgan fingerprint density at radius 3 is 2.15 bits per heavy atom. The van der Waals surface area contributed by atoms with Gasteiger partial charge in [0, 0.05) is 5.69 Å². The number of aryl methyl sites for hydroxylation is 3. The van der Waals surface area contributed by atoms with Crippen LogP contribution in [-0.4, -0.2) is 39.0 Å². The van der Waals surface area contributed by atoms with E-state index in [-0.39, 0.29) is 4.90 Å². The van der Waals surface area contributed by atoms with Gasteiger partial charge in [0.05, 0.1) is 4.90 Å². The van der Waals surface area contributed by atoms with Crippen LogP contribution in [-0.2, 0) is 24.3 Å². The predicted octanol–water partition coefficient (Wildman–Crippen LogP) is 2.81. The molecule has 3 N–H and O–H groups in total. The highest BCUT2D eigenvalue weighted by atomic mass is 32.2. The first-order valence-electron chi connectivity index (χ1n) is 10.3. The molecule has 0 radical (unpaired) electrons. The Labute approximate surface area is 194 Å². The van der Waals surface area contributed by atoms with E-state index < -0.39 is 46.5 Å². The molecule has 10 heteroatoms. The number of urea groups is 1. The third-order valence-corrected chi connectivity index (χ3v) is 6.35. The fourth-order valence-corrected chi connectivity index (χ4v) is 4.11. The second-order valence-electron chi connectivity index (χ2n) is 8.07. The van der Waals surface area contributed by atoms with Gasteiger partial charge in [0.25, 0.3) is 5.91 Å². The Morgan fingerprint density at radius 1 is 0.939 bits per heavy atom. The van der Waals surface area contributed by atoms with Gasteiger partial charge < -0.3 is 10.1 Å². The molecule has 0 heterocycles. The lowest BCUT2D eigenvalue weighted by Crippen LogP contribution is -2.46. The number of carbonyl (C=O) groups excluding carboxylic acids is 3. The summed E-state index contributed by atoms with van der Waals surface area (Å²) in [5.41, 5.74) is 3.43. The zero-order valence-corrected chi connectivity index (χ0v) is 20.1. The zero-order chi connectivity index (χ0) is 24.8. The van der Waals surface area contributed by atoms with Crippen LogP contribution in [0.15, 0.2) is 47.4 Å². The fraction of sp³-hybridized carbons (Fsp3) is 0.348. The van der Waals surface area contributed by atoms with Gasteiger partial charge in [-0.2, -0.15) is 4.72 Å². The van der Waals surface area contributed by atoms with Crippen LogP contribution < -0.4 is 15.4 Å². The summed E-state index contributed by atoms with van der Waals surface area (Å²) in [4.78, 5) is 36.5. The molecule has 178 valence electrons. The number of benzene rings is 2. The number of nitrogens with one attached hydrogen (secondary N) is 3. The number of ether oxygens (including phenoxy) is 1. The molecular weight excluding hydrogens is 446 g/mol. The maximum absolute atomic E-state index is 12.6. The average molecular weight is 476 g/mol. The minimum atomic E-state index is -3.98. The molecule has 0 aliphatic carbocycles. The highest BCUT2D eigenvalue weighted by Gasteiger charge is 2.30. The third kappa shape index (κ3) is 7.69. The van der Waals surface area contributed by atoms with Crippen LogP contribution in [0, 0.1) is 26.7 Å². The minimum Gasteiger partial charge on any atom is -0.454 e. The fourth-order valence-electron chi connectivity index (χ4n) is 2.78. The molecule has 0 aromatic heterocycles. The Kier molecular flexibility index (Phi) is 8.72. The Balaban J connectivity index is 1.92. The van der Waals surface area contributed by atoms with Crippen molar-refractivity contribution in [1.82, 2.24) is 10.0 Å². The summed E-state index contributed by atoms with van der Waals surface area (Å²) in [6.45, 7) is 8.19. The highest BCUT2D eigenvalue weighted by Crippen LogP contribution is 2.15. The van der Waals surface area contributed by atoms with E-state index in [4.69, 9.17) is 4.74 Å². The molecule has 33 heavy (non-hydrogen) atoms. The molecule has 0 spiro atoms. The van der Waals surface area contributed by atoms with Crippen LogP contribution in [0.2, 0.25) is 0 Å². The summed E-state index contributed by atoms with van der Waals surface area (Å²) >= 11 is 0. The molecule has 0 aliphatic heterocycles. The average Bonchev–Trinajstić information content (AvgIpc) is 2.73. The molecule has 9 nitrogen and oxygen atoms in total. The molecule has 0 fully saturated rings. The number of amides is 3. The summed E-state index contributed by atoms with van der Waals surface area (Å²) < 4.78 is 32.5. The van der Waals surface area contributed by atoms with Crippen molar-refractivity contribution in [2.45, 2.75) is 45.6 Å². The van der Waals surface area contributed by atoms with Crippen LogP contribution in [0.3, 0.4) is 0 Å². The summed E-state index contributed by atoms with van der Waals surface area (Å²) in [6, 6.07) is 9.44. The third-order valence-electron chi connectivity index (χ3n) is 4.90. The van der Waals surface area contributed by atoms with Crippen LogP contribution in [0.1, 0.15) is 30.5 Å². The highest BCUT2D eigenvalue weighted by molar-refractivity contribution is 7.89. The van der Waals surface area contributed by atoms with Crippen molar-refractivity contribution in [3.8, 4) is 0 Å². The van der Waals surface area contributed by atoms with Gasteiger partial charge in [-0.05, 0) is 62.1 Å².